The van der Waals surface area contributed by atoms with Crippen molar-refractivity contribution < 1.29 is 14.5 Å². The van der Waals surface area contributed by atoms with E-state index in [9.17, 15) is 19.7 Å². The molecule has 2 rings (SSSR count). The first-order chi connectivity index (χ1) is 12.4. The van der Waals surface area contributed by atoms with Gasteiger partial charge in [-0.05, 0) is 38.1 Å². The van der Waals surface area contributed by atoms with Crippen LogP contribution in [0.3, 0.4) is 0 Å². The maximum atomic E-state index is 12.5. The molecule has 8 heteroatoms. The minimum Gasteiger partial charge on any atom is -0.353 e. The molecule has 7 nitrogen and oxygen atoms in total. The van der Waals surface area contributed by atoms with Crippen molar-refractivity contribution in [3.8, 4) is 0 Å². The Labute approximate surface area is 155 Å². The Morgan fingerprint density at radius 3 is 2.38 bits per heavy atom. The predicted octanol–water partition coefficient (Wildman–Crippen LogP) is 3.46. The van der Waals surface area contributed by atoms with Crippen LogP contribution in [0.5, 0.6) is 0 Å². The van der Waals surface area contributed by atoms with Gasteiger partial charge in [0.25, 0.3) is 11.6 Å². The Bertz CT molecular complexity index is 806. The molecule has 2 aromatic carbocycles. The fourth-order valence-electron chi connectivity index (χ4n) is 2.15. The molecule has 0 radical (unpaired) electrons. The number of nitrogens with one attached hydrogen (secondary N) is 2. The lowest BCUT2D eigenvalue weighted by Gasteiger charge is -2.11. The fraction of sp³-hybridized carbons (Fsp3) is 0.222. The van der Waals surface area contributed by atoms with E-state index in [4.69, 9.17) is 0 Å². The van der Waals surface area contributed by atoms with Gasteiger partial charge in [-0.3, -0.25) is 19.7 Å². The summed E-state index contributed by atoms with van der Waals surface area (Å²) >= 11 is 1.28. The zero-order chi connectivity index (χ0) is 19.1. The van der Waals surface area contributed by atoms with E-state index in [1.165, 1.54) is 36.0 Å². The van der Waals surface area contributed by atoms with Crippen molar-refractivity contribution >= 4 is 35.0 Å². The smallest absolute Gasteiger partial charge is 0.269 e. The van der Waals surface area contributed by atoms with Gasteiger partial charge in [-0.2, -0.15) is 0 Å². The van der Waals surface area contributed by atoms with Gasteiger partial charge >= 0.3 is 0 Å². The Balaban J connectivity index is 2.06. The maximum Gasteiger partial charge on any atom is 0.269 e. The maximum absolute atomic E-state index is 12.5. The number of carbonyl (C=O) groups is 2. The second-order valence-electron chi connectivity index (χ2n) is 5.77. The van der Waals surface area contributed by atoms with Gasteiger partial charge in [-0.25, -0.2) is 0 Å². The van der Waals surface area contributed by atoms with Crippen LogP contribution in [0.4, 0.5) is 11.4 Å². The van der Waals surface area contributed by atoms with Crippen molar-refractivity contribution in [3.05, 3.63) is 64.2 Å². The van der Waals surface area contributed by atoms with Crippen molar-refractivity contribution in [2.75, 3.05) is 11.1 Å². The Kier molecular flexibility index (Phi) is 6.74. The molecule has 2 amide bonds. The van der Waals surface area contributed by atoms with Crippen LogP contribution in [0.15, 0.2) is 53.4 Å². The zero-order valence-corrected chi connectivity index (χ0v) is 15.2. The number of nitro groups is 1. The van der Waals surface area contributed by atoms with Crippen LogP contribution in [0.25, 0.3) is 0 Å². The lowest BCUT2D eigenvalue weighted by Crippen LogP contribution is -2.31. The van der Waals surface area contributed by atoms with Crippen LogP contribution in [0, 0.1) is 10.1 Å². The Morgan fingerprint density at radius 1 is 1.12 bits per heavy atom. The van der Waals surface area contributed by atoms with Gasteiger partial charge in [0.15, 0.2) is 0 Å². The molecule has 0 saturated carbocycles. The highest BCUT2D eigenvalue weighted by Crippen LogP contribution is 2.24. The highest BCUT2D eigenvalue weighted by Gasteiger charge is 2.14. The van der Waals surface area contributed by atoms with Crippen molar-refractivity contribution in [2.45, 2.75) is 24.8 Å². The summed E-state index contributed by atoms with van der Waals surface area (Å²) in [5.41, 5.74) is 0.848. The van der Waals surface area contributed by atoms with E-state index in [1.807, 2.05) is 13.8 Å². The summed E-state index contributed by atoms with van der Waals surface area (Å²) < 4.78 is 0. The van der Waals surface area contributed by atoms with Crippen LogP contribution >= 0.6 is 11.8 Å². The van der Waals surface area contributed by atoms with E-state index in [0.717, 1.165) is 0 Å². The van der Waals surface area contributed by atoms with Gasteiger partial charge in [-0.15, -0.1) is 11.8 Å². The molecule has 0 atom stereocenters. The topological polar surface area (TPSA) is 101 Å². The molecule has 136 valence electrons. The van der Waals surface area contributed by atoms with E-state index in [-0.39, 0.29) is 29.3 Å². The van der Waals surface area contributed by atoms with Gasteiger partial charge in [0.2, 0.25) is 5.91 Å². The van der Waals surface area contributed by atoms with Crippen molar-refractivity contribution in [1.82, 2.24) is 5.32 Å². The summed E-state index contributed by atoms with van der Waals surface area (Å²) in [5, 5.41) is 16.2. The number of rotatable bonds is 7. The number of nitro benzene ring substituents is 1. The van der Waals surface area contributed by atoms with Crippen LogP contribution in [-0.2, 0) is 4.79 Å². The average molecular weight is 373 g/mol. The quantitative estimate of drug-likeness (QED) is 0.440. The number of amides is 2. The summed E-state index contributed by atoms with van der Waals surface area (Å²) in [4.78, 5) is 35.2. The van der Waals surface area contributed by atoms with Crippen molar-refractivity contribution in [1.29, 1.82) is 0 Å². The Hall–Kier alpha value is -2.87. The Morgan fingerprint density at radius 2 is 1.77 bits per heavy atom. The highest BCUT2D eigenvalue weighted by atomic mass is 32.2. The first-order valence-corrected chi connectivity index (χ1v) is 8.92. The lowest BCUT2D eigenvalue weighted by molar-refractivity contribution is -0.384. The molecular weight excluding hydrogens is 354 g/mol. The largest absolute Gasteiger partial charge is 0.353 e. The van der Waals surface area contributed by atoms with E-state index in [1.54, 1.807) is 24.3 Å². The average Bonchev–Trinajstić information content (AvgIpc) is 2.60. The molecule has 0 saturated heterocycles. The monoisotopic (exact) mass is 373 g/mol. The van der Waals surface area contributed by atoms with Crippen LogP contribution < -0.4 is 10.6 Å². The third-order valence-electron chi connectivity index (χ3n) is 3.28. The highest BCUT2D eigenvalue weighted by molar-refractivity contribution is 8.00. The van der Waals surface area contributed by atoms with Gasteiger partial charge < -0.3 is 10.6 Å². The molecule has 0 aliphatic carbocycles. The minimum absolute atomic E-state index is 0.0462. The zero-order valence-electron chi connectivity index (χ0n) is 14.4. The van der Waals surface area contributed by atoms with Crippen LogP contribution in [0.2, 0.25) is 0 Å². The molecule has 2 N–H and O–H groups in total. The molecule has 0 bridgehead atoms. The first kappa shape index (κ1) is 19.5. The first-order valence-electron chi connectivity index (χ1n) is 7.94. The summed E-state index contributed by atoms with van der Waals surface area (Å²) in [5.74, 6) is -0.234. The molecule has 0 fully saturated rings. The molecule has 0 aromatic heterocycles. The van der Waals surface area contributed by atoms with E-state index in [2.05, 4.69) is 10.6 Å². The fourth-order valence-corrected chi connectivity index (χ4v) is 3.01. The van der Waals surface area contributed by atoms with Gasteiger partial charge in [0, 0.05) is 28.8 Å². The molecule has 0 spiro atoms. The molecule has 2 aromatic rings. The summed E-state index contributed by atoms with van der Waals surface area (Å²) in [7, 11) is 0. The molecular formula is C18H19N3O4S. The minimum atomic E-state index is -0.500. The summed E-state index contributed by atoms with van der Waals surface area (Å²) in [6.45, 7) is 3.77. The summed E-state index contributed by atoms with van der Waals surface area (Å²) in [6.07, 6.45) is 0. The predicted molar refractivity (Wildman–Crippen MR) is 101 cm³/mol. The standard InChI is InChI=1S/C18H19N3O4S/c1-12(2)19-17(22)11-26-16-6-4-3-5-15(16)18(23)20-13-7-9-14(10-8-13)21(24)25/h3-10,12H,11H2,1-2H3,(H,19,22)(H,20,23). The molecule has 0 unspecified atom stereocenters. The van der Waals surface area contributed by atoms with Gasteiger partial charge in [-0.1, -0.05) is 12.1 Å². The second kappa shape index (κ2) is 9.00. The third kappa shape index (κ3) is 5.59. The van der Waals surface area contributed by atoms with Gasteiger partial charge in [0.1, 0.15) is 0 Å². The normalized spacial score (nSPS) is 10.4. The second-order valence-corrected chi connectivity index (χ2v) is 6.78. The van der Waals surface area contributed by atoms with E-state index < -0.39 is 4.92 Å². The summed E-state index contributed by atoms with van der Waals surface area (Å²) in [6, 6.07) is 12.6. The molecule has 0 heterocycles. The molecule has 0 aliphatic heterocycles. The number of hydrogen-bond acceptors (Lipinski definition) is 5. The van der Waals surface area contributed by atoms with Crippen LogP contribution in [-0.4, -0.2) is 28.5 Å². The number of non-ortho nitro benzene ring substituents is 1. The number of benzene rings is 2. The number of hydrogen-bond donors (Lipinski definition) is 2. The SMILES string of the molecule is CC(C)NC(=O)CSc1ccccc1C(=O)Nc1ccc([N+](=O)[O-])cc1. The lowest BCUT2D eigenvalue weighted by atomic mass is 10.2. The molecule has 26 heavy (non-hydrogen) atoms. The van der Waals surface area contributed by atoms with Gasteiger partial charge in [0.05, 0.1) is 16.2 Å². The van der Waals surface area contributed by atoms with E-state index >= 15 is 0 Å². The van der Waals surface area contributed by atoms with Crippen LogP contribution in [0.1, 0.15) is 24.2 Å². The van der Waals surface area contributed by atoms with Crippen molar-refractivity contribution in [2.24, 2.45) is 0 Å². The van der Waals surface area contributed by atoms with Crippen molar-refractivity contribution in [3.63, 3.8) is 0 Å². The number of thioether (sulfide) groups is 1. The number of anilines is 1. The third-order valence-corrected chi connectivity index (χ3v) is 4.35. The number of carbonyl (C=O) groups excluding carboxylic acids is 2. The van der Waals surface area contributed by atoms with E-state index in [0.29, 0.717) is 16.1 Å². The number of nitrogens with zero attached hydrogens (tertiary/aromatic N) is 1. The molecule has 0 aliphatic rings.